The van der Waals surface area contributed by atoms with Crippen molar-refractivity contribution in [1.29, 1.82) is 0 Å². The summed E-state index contributed by atoms with van der Waals surface area (Å²) < 4.78 is 10.4. The maximum absolute atomic E-state index is 12.1. The average Bonchev–Trinajstić information content (AvgIpc) is 2.59. The summed E-state index contributed by atoms with van der Waals surface area (Å²) in [7, 11) is 1.56. The smallest absolute Gasteiger partial charge is 0.340 e. The molecule has 0 aliphatic rings. The van der Waals surface area contributed by atoms with Crippen LogP contribution in [0.1, 0.15) is 22.8 Å². The van der Waals surface area contributed by atoms with E-state index in [1.165, 1.54) is 25.1 Å². The molecule has 0 radical (unpaired) electrons. The second kappa shape index (κ2) is 8.74. The first-order valence-corrected chi connectivity index (χ1v) is 8.23. The van der Waals surface area contributed by atoms with Gasteiger partial charge in [-0.3, -0.25) is 4.79 Å². The monoisotopic (exact) mass is 381 g/mol. The van der Waals surface area contributed by atoms with Gasteiger partial charge in [-0.05, 0) is 31.2 Å². The van der Waals surface area contributed by atoms with Gasteiger partial charge < -0.3 is 14.8 Å². The van der Waals surface area contributed by atoms with Gasteiger partial charge in [0.25, 0.3) is 5.91 Å². The van der Waals surface area contributed by atoms with E-state index in [-0.39, 0.29) is 17.1 Å². The van der Waals surface area contributed by atoms with Crippen molar-refractivity contribution in [2.24, 2.45) is 0 Å². The summed E-state index contributed by atoms with van der Waals surface area (Å²) in [5.41, 5.74) is 0.966. The summed E-state index contributed by atoms with van der Waals surface area (Å²) >= 11 is 11.8. The first-order valence-electron chi connectivity index (χ1n) is 7.48. The number of benzene rings is 2. The highest BCUT2D eigenvalue weighted by molar-refractivity contribution is 6.36. The Morgan fingerprint density at radius 1 is 1.16 bits per heavy atom. The third-order valence-electron chi connectivity index (χ3n) is 3.45. The SMILES string of the molecule is COc1ccccc1CNC(=O)[C@@H](C)OC(=O)c1ccc(Cl)cc1Cl. The number of para-hydroxylation sites is 1. The van der Waals surface area contributed by atoms with Crippen LogP contribution in [0.25, 0.3) is 0 Å². The molecule has 132 valence electrons. The van der Waals surface area contributed by atoms with Crippen molar-refractivity contribution in [1.82, 2.24) is 5.32 Å². The molecule has 1 atom stereocenters. The molecule has 0 aliphatic carbocycles. The van der Waals surface area contributed by atoms with E-state index < -0.39 is 18.0 Å². The molecule has 0 saturated heterocycles. The number of nitrogens with one attached hydrogen (secondary N) is 1. The maximum Gasteiger partial charge on any atom is 0.340 e. The number of hydrogen-bond acceptors (Lipinski definition) is 4. The predicted molar refractivity (Wildman–Crippen MR) is 96.2 cm³/mol. The molecular weight excluding hydrogens is 365 g/mol. The van der Waals surface area contributed by atoms with Gasteiger partial charge in [0.15, 0.2) is 6.10 Å². The summed E-state index contributed by atoms with van der Waals surface area (Å²) in [6.07, 6.45) is -0.978. The van der Waals surface area contributed by atoms with E-state index in [0.29, 0.717) is 10.8 Å². The molecule has 0 bridgehead atoms. The average molecular weight is 382 g/mol. The molecule has 2 rings (SSSR count). The fourth-order valence-electron chi connectivity index (χ4n) is 2.11. The van der Waals surface area contributed by atoms with Crippen LogP contribution in [0.3, 0.4) is 0 Å². The molecule has 0 saturated carbocycles. The normalized spacial score (nSPS) is 11.5. The van der Waals surface area contributed by atoms with Gasteiger partial charge >= 0.3 is 5.97 Å². The standard InChI is InChI=1S/C18H17Cl2NO4/c1-11(25-18(23)14-8-7-13(19)9-15(14)20)17(22)21-10-12-5-3-4-6-16(12)24-2/h3-9,11H,10H2,1-2H3,(H,21,22)/t11-/m1/s1. The molecule has 5 nitrogen and oxygen atoms in total. The Hall–Kier alpha value is -2.24. The van der Waals surface area contributed by atoms with Gasteiger partial charge in [-0.1, -0.05) is 41.4 Å². The number of methoxy groups -OCH3 is 1. The highest BCUT2D eigenvalue weighted by Crippen LogP contribution is 2.22. The molecule has 0 fully saturated rings. The predicted octanol–water partition coefficient (Wildman–Crippen LogP) is 3.86. The maximum atomic E-state index is 12.1. The van der Waals surface area contributed by atoms with E-state index >= 15 is 0 Å². The van der Waals surface area contributed by atoms with Gasteiger partial charge in [-0.15, -0.1) is 0 Å². The lowest BCUT2D eigenvalue weighted by Crippen LogP contribution is -2.35. The molecule has 0 unspecified atom stereocenters. The first-order chi connectivity index (χ1) is 11.9. The van der Waals surface area contributed by atoms with Crippen LogP contribution in [0.15, 0.2) is 42.5 Å². The molecule has 7 heteroatoms. The fourth-order valence-corrected chi connectivity index (χ4v) is 2.59. The van der Waals surface area contributed by atoms with Crippen molar-refractivity contribution < 1.29 is 19.1 Å². The molecule has 0 aliphatic heterocycles. The van der Waals surface area contributed by atoms with Crippen LogP contribution in [0.5, 0.6) is 5.75 Å². The minimum Gasteiger partial charge on any atom is -0.496 e. The van der Waals surface area contributed by atoms with Crippen LogP contribution >= 0.6 is 23.2 Å². The zero-order chi connectivity index (χ0) is 18.4. The Morgan fingerprint density at radius 3 is 2.56 bits per heavy atom. The van der Waals surface area contributed by atoms with Gasteiger partial charge in [0.1, 0.15) is 5.75 Å². The van der Waals surface area contributed by atoms with E-state index in [4.69, 9.17) is 32.7 Å². The minimum absolute atomic E-state index is 0.149. The van der Waals surface area contributed by atoms with E-state index in [1.807, 2.05) is 18.2 Å². The van der Waals surface area contributed by atoms with E-state index in [1.54, 1.807) is 13.2 Å². The number of hydrogen-bond donors (Lipinski definition) is 1. The summed E-state index contributed by atoms with van der Waals surface area (Å²) in [6, 6.07) is 11.7. The van der Waals surface area contributed by atoms with E-state index in [9.17, 15) is 9.59 Å². The Kier molecular flexibility index (Phi) is 6.67. The zero-order valence-electron chi connectivity index (χ0n) is 13.7. The molecule has 0 heterocycles. The molecule has 25 heavy (non-hydrogen) atoms. The third kappa shape index (κ3) is 5.11. The highest BCUT2D eigenvalue weighted by atomic mass is 35.5. The topological polar surface area (TPSA) is 64.6 Å². The van der Waals surface area contributed by atoms with Crippen molar-refractivity contribution >= 4 is 35.1 Å². The number of halogens is 2. The van der Waals surface area contributed by atoms with Crippen LogP contribution in [0, 0.1) is 0 Å². The Bertz CT molecular complexity index is 779. The Morgan fingerprint density at radius 2 is 1.88 bits per heavy atom. The molecule has 2 aromatic rings. The lowest BCUT2D eigenvalue weighted by Gasteiger charge is -2.15. The molecule has 2 aromatic carbocycles. The van der Waals surface area contributed by atoms with Gasteiger partial charge in [0.2, 0.25) is 0 Å². The van der Waals surface area contributed by atoms with E-state index in [2.05, 4.69) is 5.32 Å². The second-order valence-corrected chi connectivity index (χ2v) is 6.04. The first kappa shape index (κ1) is 19.1. The van der Waals surface area contributed by atoms with Crippen LogP contribution in [0.4, 0.5) is 0 Å². The van der Waals surface area contributed by atoms with Crippen LogP contribution in [-0.4, -0.2) is 25.1 Å². The number of amides is 1. The molecule has 1 amide bonds. The van der Waals surface area contributed by atoms with Crippen LogP contribution in [-0.2, 0) is 16.1 Å². The van der Waals surface area contributed by atoms with Crippen LogP contribution < -0.4 is 10.1 Å². The van der Waals surface area contributed by atoms with Crippen molar-refractivity contribution in [3.05, 3.63) is 63.6 Å². The number of esters is 1. The van der Waals surface area contributed by atoms with E-state index in [0.717, 1.165) is 5.56 Å². The van der Waals surface area contributed by atoms with Gasteiger partial charge in [-0.2, -0.15) is 0 Å². The quantitative estimate of drug-likeness (QED) is 0.771. The highest BCUT2D eigenvalue weighted by Gasteiger charge is 2.20. The number of carbonyl (C=O) groups is 2. The Labute approximate surface area is 155 Å². The number of ether oxygens (including phenoxy) is 2. The molecule has 0 spiro atoms. The fraction of sp³-hybridized carbons (Fsp3) is 0.222. The molecular formula is C18H17Cl2NO4. The molecule has 0 aromatic heterocycles. The zero-order valence-corrected chi connectivity index (χ0v) is 15.2. The van der Waals surface area contributed by atoms with Gasteiger partial charge in [0, 0.05) is 17.1 Å². The lowest BCUT2D eigenvalue weighted by atomic mass is 10.2. The summed E-state index contributed by atoms with van der Waals surface area (Å²) in [5, 5.41) is 3.28. The summed E-state index contributed by atoms with van der Waals surface area (Å²) in [6.45, 7) is 1.74. The third-order valence-corrected chi connectivity index (χ3v) is 4.00. The summed E-state index contributed by atoms with van der Waals surface area (Å²) in [5.74, 6) is -0.452. The lowest BCUT2D eigenvalue weighted by molar-refractivity contribution is -0.129. The van der Waals surface area contributed by atoms with Crippen molar-refractivity contribution in [2.75, 3.05) is 7.11 Å². The minimum atomic E-state index is -0.978. The second-order valence-electron chi connectivity index (χ2n) is 5.20. The van der Waals surface area contributed by atoms with Gasteiger partial charge in [0.05, 0.1) is 17.7 Å². The van der Waals surface area contributed by atoms with Gasteiger partial charge in [-0.25, -0.2) is 4.79 Å². The Balaban J connectivity index is 1.94. The van der Waals surface area contributed by atoms with Crippen LogP contribution in [0.2, 0.25) is 10.0 Å². The van der Waals surface area contributed by atoms with Crippen molar-refractivity contribution in [3.8, 4) is 5.75 Å². The number of rotatable bonds is 6. The largest absolute Gasteiger partial charge is 0.496 e. The van der Waals surface area contributed by atoms with Crippen molar-refractivity contribution in [2.45, 2.75) is 19.6 Å². The number of carbonyl (C=O) groups excluding carboxylic acids is 2. The summed E-state index contributed by atoms with van der Waals surface area (Å²) in [4.78, 5) is 24.3. The van der Waals surface area contributed by atoms with Crippen molar-refractivity contribution in [3.63, 3.8) is 0 Å². The molecule has 1 N–H and O–H groups in total.